The average Bonchev–Trinajstić information content (AvgIpc) is 3.46. The van der Waals surface area contributed by atoms with Crippen LogP contribution >= 0.6 is 0 Å². The molecule has 2 aliphatic carbocycles. The second-order valence-electron chi connectivity index (χ2n) is 10.9. The molecule has 0 bridgehead atoms. The summed E-state index contributed by atoms with van der Waals surface area (Å²) in [6.07, 6.45) is 5.57. The van der Waals surface area contributed by atoms with Crippen LogP contribution < -0.4 is 31.0 Å². The maximum Gasteiger partial charge on any atom is 0.255 e. The van der Waals surface area contributed by atoms with Gasteiger partial charge in [0.05, 0.1) is 31.4 Å². The van der Waals surface area contributed by atoms with Gasteiger partial charge in [-0.1, -0.05) is 0 Å². The Morgan fingerprint density at radius 1 is 1.16 bits per heavy atom. The highest BCUT2D eigenvalue weighted by Crippen LogP contribution is 2.65. The molecule has 2 aliphatic heterocycles. The van der Waals surface area contributed by atoms with Crippen molar-refractivity contribution < 1.29 is 19.1 Å². The fourth-order valence-corrected chi connectivity index (χ4v) is 6.75. The number of hydrogen-bond acceptors (Lipinski definition) is 8. The Bertz CT molecular complexity index is 1250. The van der Waals surface area contributed by atoms with E-state index >= 15 is 0 Å². The maximum atomic E-state index is 13.1. The minimum Gasteiger partial charge on any atom is -0.497 e. The van der Waals surface area contributed by atoms with E-state index in [4.69, 9.17) is 9.47 Å². The number of aromatic nitrogens is 1. The van der Waals surface area contributed by atoms with Crippen molar-refractivity contribution in [2.45, 2.75) is 43.3 Å². The third-order valence-electron chi connectivity index (χ3n) is 8.76. The minimum absolute atomic E-state index is 0.0179. The number of pyridine rings is 1. The van der Waals surface area contributed by atoms with Crippen molar-refractivity contribution in [3.63, 3.8) is 0 Å². The lowest BCUT2D eigenvalue weighted by molar-refractivity contribution is -0.118. The molecular weight excluding hydrogens is 472 g/mol. The molecule has 37 heavy (non-hydrogen) atoms. The number of nitrogens with zero attached hydrogens (tertiary/aromatic N) is 2. The molecule has 196 valence electrons. The normalized spacial score (nSPS) is 31.4. The third-order valence-corrected chi connectivity index (χ3v) is 8.76. The molecule has 1 aromatic carbocycles. The van der Waals surface area contributed by atoms with E-state index < -0.39 is 5.41 Å². The molecule has 6 atom stereocenters. The summed E-state index contributed by atoms with van der Waals surface area (Å²) in [6, 6.07) is 7.91. The van der Waals surface area contributed by atoms with Crippen LogP contribution in [-0.2, 0) is 10.2 Å². The van der Waals surface area contributed by atoms with Gasteiger partial charge in [0.15, 0.2) is 11.6 Å². The van der Waals surface area contributed by atoms with E-state index in [1.807, 2.05) is 18.2 Å². The Balaban J connectivity index is 1.13. The minimum atomic E-state index is -0.409. The fraction of sp³-hybridized carbons (Fsp3) is 0.519. The number of carbonyl (C=O) groups excluding carboxylic acids is 2. The molecule has 3 fully saturated rings. The molecular formula is C27H34N6O4. The molecule has 1 spiro atoms. The number of ether oxygens (including phenoxy) is 2. The van der Waals surface area contributed by atoms with Gasteiger partial charge in [-0.05, 0) is 67.3 Å². The molecule has 1 saturated heterocycles. The van der Waals surface area contributed by atoms with E-state index in [1.165, 1.54) is 4.90 Å². The Hall–Kier alpha value is -3.37. The van der Waals surface area contributed by atoms with Gasteiger partial charge in [0.2, 0.25) is 5.91 Å². The van der Waals surface area contributed by atoms with Gasteiger partial charge in [-0.25, -0.2) is 10.4 Å². The summed E-state index contributed by atoms with van der Waals surface area (Å²) in [4.78, 5) is 31.4. The Morgan fingerprint density at radius 2 is 2.00 bits per heavy atom. The highest BCUT2D eigenvalue weighted by atomic mass is 16.5. The molecule has 4 unspecified atom stereocenters. The summed E-state index contributed by atoms with van der Waals surface area (Å²) in [7, 11) is 6.67. The number of methoxy groups -OCH3 is 2. The lowest BCUT2D eigenvalue weighted by atomic mass is 9.74. The number of anilines is 2. The first kappa shape index (κ1) is 24.0. The van der Waals surface area contributed by atoms with Gasteiger partial charge in [0, 0.05) is 37.9 Å². The molecule has 2 aromatic rings. The fourth-order valence-electron chi connectivity index (χ4n) is 6.75. The number of rotatable bonds is 6. The molecule has 1 aromatic heterocycles. The number of hydrazine groups is 1. The average molecular weight is 507 g/mol. The van der Waals surface area contributed by atoms with E-state index in [1.54, 1.807) is 40.6 Å². The van der Waals surface area contributed by atoms with Crippen LogP contribution in [0, 0.1) is 17.8 Å². The van der Waals surface area contributed by atoms with Crippen LogP contribution in [0.2, 0.25) is 0 Å². The molecule has 4 aliphatic rings. The van der Waals surface area contributed by atoms with Crippen LogP contribution in [0.4, 0.5) is 11.5 Å². The van der Waals surface area contributed by atoms with Gasteiger partial charge in [0.1, 0.15) is 5.75 Å². The van der Waals surface area contributed by atoms with E-state index in [0.29, 0.717) is 40.9 Å². The van der Waals surface area contributed by atoms with Crippen LogP contribution in [0.15, 0.2) is 30.5 Å². The molecule has 0 radical (unpaired) electrons. The summed E-state index contributed by atoms with van der Waals surface area (Å²) in [6.45, 7) is 0. The van der Waals surface area contributed by atoms with Gasteiger partial charge in [-0.3, -0.25) is 15.0 Å². The topological polar surface area (TPSA) is 117 Å². The predicted octanol–water partition coefficient (Wildman–Crippen LogP) is 2.34. The monoisotopic (exact) mass is 506 g/mol. The zero-order valence-electron chi connectivity index (χ0n) is 21.6. The first-order valence-corrected chi connectivity index (χ1v) is 12.9. The van der Waals surface area contributed by atoms with Gasteiger partial charge >= 0.3 is 0 Å². The van der Waals surface area contributed by atoms with Crippen molar-refractivity contribution >= 4 is 23.3 Å². The quantitative estimate of drug-likeness (QED) is 0.472. The van der Waals surface area contributed by atoms with Crippen molar-refractivity contribution in [2.24, 2.45) is 17.8 Å². The van der Waals surface area contributed by atoms with Crippen molar-refractivity contribution in [1.82, 2.24) is 20.7 Å². The highest BCUT2D eigenvalue weighted by Gasteiger charge is 2.67. The lowest BCUT2D eigenvalue weighted by Crippen LogP contribution is -2.39. The van der Waals surface area contributed by atoms with Gasteiger partial charge < -0.3 is 25.0 Å². The van der Waals surface area contributed by atoms with Crippen molar-refractivity contribution in [2.75, 3.05) is 38.9 Å². The first-order chi connectivity index (χ1) is 17.8. The van der Waals surface area contributed by atoms with E-state index in [-0.39, 0.29) is 18.0 Å². The highest BCUT2D eigenvalue weighted by molar-refractivity contribution is 6.09. The summed E-state index contributed by atoms with van der Waals surface area (Å²) in [5, 5.41) is 6.59. The van der Waals surface area contributed by atoms with Crippen molar-refractivity contribution in [3.8, 4) is 11.5 Å². The number of nitrogens with one attached hydrogen (secondary N) is 4. The van der Waals surface area contributed by atoms with E-state index in [0.717, 1.165) is 42.7 Å². The molecule has 2 amide bonds. The van der Waals surface area contributed by atoms with E-state index in [2.05, 4.69) is 26.5 Å². The van der Waals surface area contributed by atoms with Gasteiger partial charge in [-0.2, -0.15) is 0 Å². The van der Waals surface area contributed by atoms with Gasteiger partial charge in [0.25, 0.3) is 5.91 Å². The van der Waals surface area contributed by atoms with Gasteiger partial charge in [-0.15, -0.1) is 0 Å². The van der Waals surface area contributed by atoms with Crippen LogP contribution in [0.3, 0.4) is 0 Å². The second-order valence-corrected chi connectivity index (χ2v) is 10.9. The molecule has 4 N–H and O–H groups in total. The van der Waals surface area contributed by atoms with Crippen molar-refractivity contribution in [1.29, 1.82) is 0 Å². The summed E-state index contributed by atoms with van der Waals surface area (Å²) in [5.41, 5.74) is 8.99. The molecule has 10 nitrogen and oxygen atoms in total. The molecule has 6 rings (SSSR count). The Kier molecular flexibility index (Phi) is 5.76. The van der Waals surface area contributed by atoms with E-state index in [9.17, 15) is 9.59 Å². The summed E-state index contributed by atoms with van der Waals surface area (Å²) >= 11 is 0. The third kappa shape index (κ3) is 3.81. The molecule has 10 heteroatoms. The Labute approximate surface area is 216 Å². The maximum absolute atomic E-state index is 13.1. The number of carbonyl (C=O) groups is 2. The first-order valence-electron chi connectivity index (χ1n) is 12.9. The van der Waals surface area contributed by atoms with Crippen LogP contribution in [0.5, 0.6) is 11.5 Å². The van der Waals surface area contributed by atoms with Crippen LogP contribution in [0.1, 0.15) is 41.6 Å². The number of amides is 2. The number of benzene rings is 1. The summed E-state index contributed by atoms with van der Waals surface area (Å²) < 4.78 is 11.0. The predicted molar refractivity (Wildman–Crippen MR) is 139 cm³/mol. The number of hydrogen-bond donors (Lipinski definition) is 4. The summed E-state index contributed by atoms with van der Waals surface area (Å²) in [5.74, 6) is 3.14. The zero-order valence-corrected chi connectivity index (χ0v) is 21.6. The lowest BCUT2D eigenvalue weighted by Gasteiger charge is -2.34. The standard InChI is InChI=1S/C27H34N6O4/c1-33(2)25(34)15-10-22(37-4)24(28-13-15)30-23-17-7-5-14(9-21(17)31-32-23)19-12-27(19)18-11-16(36-3)6-8-20(18)29-26(27)35/h6,8,10-11,13-14,17,19,21,23,31-32H,5,7,9,12H2,1-4H3,(H,28,30)(H,29,35)/t14?,17?,19-,21?,23?,27-/m0/s1. The molecule has 3 heterocycles. The number of fused-ring (bicyclic) bond motifs is 3. The second kappa shape index (κ2) is 8.88. The SMILES string of the molecule is COc1ccc2c(c1)[C@]1(C[C@H]1C1CCC3C(C1)NNC3Nc1ncc(C(=O)N(C)C)cc1OC)C(=O)N2. The largest absolute Gasteiger partial charge is 0.497 e. The zero-order chi connectivity index (χ0) is 25.9. The smallest absolute Gasteiger partial charge is 0.255 e. The Morgan fingerprint density at radius 3 is 2.76 bits per heavy atom. The molecule has 2 saturated carbocycles. The van der Waals surface area contributed by atoms with Crippen LogP contribution in [-0.4, -0.2) is 62.2 Å². The van der Waals surface area contributed by atoms with Crippen LogP contribution in [0.25, 0.3) is 0 Å². The van der Waals surface area contributed by atoms with Crippen molar-refractivity contribution in [3.05, 3.63) is 41.6 Å².